The van der Waals surface area contributed by atoms with E-state index in [2.05, 4.69) is 11.8 Å². The maximum atomic E-state index is 13.3. The van der Waals surface area contributed by atoms with Crippen molar-refractivity contribution in [3.05, 3.63) is 24.0 Å². The second-order valence-electron chi connectivity index (χ2n) is 5.24. The Morgan fingerprint density at radius 1 is 1.35 bits per heavy atom. The van der Waals surface area contributed by atoms with Crippen molar-refractivity contribution in [2.24, 2.45) is 5.92 Å². The lowest BCUT2D eigenvalue weighted by molar-refractivity contribution is 0.336. The Morgan fingerprint density at radius 3 is 2.82 bits per heavy atom. The molecule has 3 heteroatoms. The van der Waals surface area contributed by atoms with Gasteiger partial charge in [-0.25, -0.2) is 4.39 Å². The van der Waals surface area contributed by atoms with E-state index >= 15 is 0 Å². The molecule has 2 atom stereocenters. The van der Waals surface area contributed by atoms with Crippen LogP contribution in [0.2, 0.25) is 0 Å². The van der Waals surface area contributed by atoms with Crippen LogP contribution in [0.3, 0.4) is 0 Å². The zero-order valence-electron chi connectivity index (χ0n) is 10.6. The summed E-state index contributed by atoms with van der Waals surface area (Å²) in [5.41, 5.74) is 7.41. The summed E-state index contributed by atoms with van der Waals surface area (Å²) in [7, 11) is 2.02. The minimum Gasteiger partial charge on any atom is -0.397 e. The van der Waals surface area contributed by atoms with Gasteiger partial charge in [0.1, 0.15) is 5.82 Å². The van der Waals surface area contributed by atoms with Crippen molar-refractivity contribution in [2.45, 2.75) is 38.6 Å². The average Bonchev–Trinajstić information content (AvgIpc) is 2.31. The normalized spacial score (nSPS) is 24.6. The van der Waals surface area contributed by atoms with E-state index in [1.165, 1.54) is 37.8 Å². The lowest BCUT2D eigenvalue weighted by atomic mass is 9.86. The molecule has 1 aliphatic rings. The molecule has 0 amide bonds. The fourth-order valence-electron chi connectivity index (χ4n) is 2.77. The molecule has 0 bridgehead atoms. The molecule has 94 valence electrons. The van der Waals surface area contributed by atoms with Crippen LogP contribution in [-0.2, 0) is 0 Å². The highest BCUT2D eigenvalue weighted by molar-refractivity contribution is 5.67. The van der Waals surface area contributed by atoms with E-state index in [0.29, 0.717) is 11.7 Å². The van der Waals surface area contributed by atoms with E-state index in [4.69, 9.17) is 5.73 Å². The molecule has 1 aromatic carbocycles. The van der Waals surface area contributed by atoms with Crippen molar-refractivity contribution in [1.82, 2.24) is 0 Å². The molecule has 2 rings (SSSR count). The van der Waals surface area contributed by atoms with Crippen LogP contribution < -0.4 is 10.6 Å². The van der Waals surface area contributed by atoms with Gasteiger partial charge in [-0.1, -0.05) is 19.8 Å². The quantitative estimate of drug-likeness (QED) is 0.797. The summed E-state index contributed by atoms with van der Waals surface area (Å²) in [4.78, 5) is 2.15. The minimum atomic E-state index is -0.218. The Hall–Kier alpha value is -1.25. The smallest absolute Gasteiger partial charge is 0.125 e. The Kier molecular flexibility index (Phi) is 3.55. The van der Waals surface area contributed by atoms with Gasteiger partial charge < -0.3 is 10.6 Å². The molecule has 1 aliphatic carbocycles. The van der Waals surface area contributed by atoms with E-state index < -0.39 is 0 Å². The molecule has 1 fully saturated rings. The molecule has 1 saturated carbocycles. The van der Waals surface area contributed by atoms with Gasteiger partial charge in [-0.3, -0.25) is 0 Å². The molecule has 0 radical (unpaired) electrons. The summed E-state index contributed by atoms with van der Waals surface area (Å²) in [6, 6.07) is 5.08. The molecule has 17 heavy (non-hydrogen) atoms. The van der Waals surface area contributed by atoms with Crippen LogP contribution in [0.15, 0.2) is 18.2 Å². The molecule has 2 N–H and O–H groups in total. The molecule has 0 heterocycles. The second kappa shape index (κ2) is 4.94. The van der Waals surface area contributed by atoms with Crippen LogP contribution in [0.25, 0.3) is 0 Å². The molecule has 2 unspecified atom stereocenters. The van der Waals surface area contributed by atoms with Crippen LogP contribution in [0.5, 0.6) is 0 Å². The summed E-state index contributed by atoms with van der Waals surface area (Å²) in [6.45, 7) is 2.29. The third kappa shape index (κ3) is 2.71. The van der Waals surface area contributed by atoms with E-state index in [1.54, 1.807) is 6.07 Å². The Bertz CT molecular complexity index is 392. The van der Waals surface area contributed by atoms with E-state index in [0.717, 1.165) is 11.6 Å². The van der Waals surface area contributed by atoms with Gasteiger partial charge in [0, 0.05) is 13.1 Å². The number of nitrogen functional groups attached to an aromatic ring is 1. The molecular formula is C14H21FN2. The first-order valence-corrected chi connectivity index (χ1v) is 6.36. The van der Waals surface area contributed by atoms with Gasteiger partial charge in [0.15, 0.2) is 0 Å². The first-order valence-electron chi connectivity index (χ1n) is 6.36. The molecule has 0 aliphatic heterocycles. The summed E-state index contributed by atoms with van der Waals surface area (Å²) in [5, 5.41) is 0. The van der Waals surface area contributed by atoms with Gasteiger partial charge in [0.2, 0.25) is 0 Å². The van der Waals surface area contributed by atoms with Gasteiger partial charge in [-0.05, 0) is 37.0 Å². The van der Waals surface area contributed by atoms with Crippen molar-refractivity contribution >= 4 is 11.4 Å². The van der Waals surface area contributed by atoms with E-state index in [-0.39, 0.29) is 5.82 Å². The van der Waals surface area contributed by atoms with Crippen LogP contribution in [0.4, 0.5) is 15.8 Å². The number of nitrogens with zero attached hydrogens (tertiary/aromatic N) is 1. The third-order valence-electron chi connectivity index (χ3n) is 3.83. The third-order valence-corrected chi connectivity index (χ3v) is 3.83. The first-order chi connectivity index (χ1) is 8.08. The summed E-state index contributed by atoms with van der Waals surface area (Å²) in [5.74, 6) is 0.538. The molecule has 0 aromatic heterocycles. The second-order valence-corrected chi connectivity index (χ2v) is 5.24. The topological polar surface area (TPSA) is 29.3 Å². The van der Waals surface area contributed by atoms with Crippen LogP contribution >= 0.6 is 0 Å². The largest absolute Gasteiger partial charge is 0.397 e. The predicted octanol–water partition coefficient (Wildman–Crippen LogP) is 3.42. The molecule has 1 aromatic rings. The predicted molar refractivity (Wildman–Crippen MR) is 70.6 cm³/mol. The highest BCUT2D eigenvalue weighted by Gasteiger charge is 2.23. The number of halogens is 1. The standard InChI is InChI=1S/C14H21FN2/c1-10-4-3-5-12(8-10)17(2)14-9-11(15)6-7-13(14)16/h6-7,9-10,12H,3-5,8,16H2,1-2H3. The summed E-state index contributed by atoms with van der Waals surface area (Å²) >= 11 is 0. The minimum absolute atomic E-state index is 0.218. The number of anilines is 2. The van der Waals surface area contributed by atoms with Gasteiger partial charge in [0.25, 0.3) is 0 Å². The maximum absolute atomic E-state index is 13.3. The van der Waals surface area contributed by atoms with Gasteiger partial charge in [-0.15, -0.1) is 0 Å². The fraction of sp³-hybridized carbons (Fsp3) is 0.571. The lowest BCUT2D eigenvalue weighted by Crippen LogP contribution is -2.36. The van der Waals surface area contributed by atoms with E-state index in [1.807, 2.05) is 7.05 Å². The zero-order valence-corrected chi connectivity index (χ0v) is 10.6. The Balaban J connectivity index is 2.18. The van der Waals surface area contributed by atoms with Crippen molar-refractivity contribution < 1.29 is 4.39 Å². The highest BCUT2D eigenvalue weighted by Crippen LogP contribution is 2.32. The maximum Gasteiger partial charge on any atom is 0.125 e. The first kappa shape index (κ1) is 12.2. The number of hydrogen-bond acceptors (Lipinski definition) is 2. The summed E-state index contributed by atoms with van der Waals surface area (Å²) < 4.78 is 13.3. The SMILES string of the molecule is CC1CCCC(N(C)c2cc(F)ccc2N)C1. The van der Waals surface area contributed by atoms with Crippen LogP contribution in [-0.4, -0.2) is 13.1 Å². The van der Waals surface area contributed by atoms with Gasteiger partial charge in [-0.2, -0.15) is 0 Å². The monoisotopic (exact) mass is 236 g/mol. The number of benzene rings is 1. The molecular weight excluding hydrogens is 215 g/mol. The molecule has 0 saturated heterocycles. The van der Waals surface area contributed by atoms with Gasteiger partial charge in [0.05, 0.1) is 11.4 Å². The van der Waals surface area contributed by atoms with Crippen molar-refractivity contribution in [1.29, 1.82) is 0 Å². The van der Waals surface area contributed by atoms with Gasteiger partial charge >= 0.3 is 0 Å². The number of hydrogen-bond donors (Lipinski definition) is 1. The fourth-order valence-corrected chi connectivity index (χ4v) is 2.77. The molecule has 2 nitrogen and oxygen atoms in total. The van der Waals surface area contributed by atoms with E-state index in [9.17, 15) is 4.39 Å². The molecule has 0 spiro atoms. The van der Waals surface area contributed by atoms with Crippen LogP contribution in [0, 0.1) is 11.7 Å². The average molecular weight is 236 g/mol. The summed E-state index contributed by atoms with van der Waals surface area (Å²) in [6.07, 6.45) is 4.91. The Labute approximate surface area is 103 Å². The number of nitrogens with two attached hydrogens (primary N) is 1. The zero-order chi connectivity index (χ0) is 12.4. The lowest BCUT2D eigenvalue weighted by Gasteiger charge is -2.36. The van der Waals surface area contributed by atoms with Crippen molar-refractivity contribution in [2.75, 3.05) is 17.7 Å². The Morgan fingerprint density at radius 2 is 2.12 bits per heavy atom. The van der Waals surface area contributed by atoms with Crippen LogP contribution in [0.1, 0.15) is 32.6 Å². The van der Waals surface area contributed by atoms with Crippen molar-refractivity contribution in [3.8, 4) is 0 Å². The highest BCUT2D eigenvalue weighted by atomic mass is 19.1. The van der Waals surface area contributed by atoms with Crippen molar-refractivity contribution in [3.63, 3.8) is 0 Å². The number of rotatable bonds is 2.